The van der Waals surface area contributed by atoms with Crippen molar-refractivity contribution in [3.63, 3.8) is 0 Å². The number of carboxylic acid groups (broad SMARTS) is 1. The van der Waals surface area contributed by atoms with E-state index in [1.807, 2.05) is 6.08 Å². The minimum Gasteiger partial charge on any atom is -0.481 e. The predicted molar refractivity (Wildman–Crippen MR) is 113 cm³/mol. The summed E-state index contributed by atoms with van der Waals surface area (Å²) in [6.45, 7) is 0. The second-order valence-corrected chi connectivity index (χ2v) is 10.1. The maximum absolute atomic E-state index is 13.5. The van der Waals surface area contributed by atoms with Crippen molar-refractivity contribution in [2.45, 2.75) is 49.8 Å². The van der Waals surface area contributed by atoms with E-state index in [0.717, 1.165) is 41.7 Å². The van der Waals surface area contributed by atoms with E-state index in [4.69, 9.17) is 23.2 Å². The van der Waals surface area contributed by atoms with Crippen molar-refractivity contribution in [2.75, 3.05) is 0 Å². The van der Waals surface area contributed by atoms with Crippen molar-refractivity contribution in [1.82, 2.24) is 3.97 Å². The summed E-state index contributed by atoms with van der Waals surface area (Å²) in [5.74, 6) is -1.15. The van der Waals surface area contributed by atoms with E-state index in [1.54, 1.807) is 12.3 Å². The Labute approximate surface area is 180 Å². The first-order valence-corrected chi connectivity index (χ1v) is 11.8. The second kappa shape index (κ2) is 7.82. The molecule has 1 atom stereocenters. The van der Waals surface area contributed by atoms with Gasteiger partial charge in [-0.25, -0.2) is 12.4 Å². The van der Waals surface area contributed by atoms with Crippen molar-refractivity contribution in [3.05, 3.63) is 57.3 Å². The van der Waals surface area contributed by atoms with Gasteiger partial charge in [0.1, 0.15) is 4.90 Å². The highest BCUT2D eigenvalue weighted by atomic mass is 35.5. The van der Waals surface area contributed by atoms with Gasteiger partial charge in [0.2, 0.25) is 0 Å². The summed E-state index contributed by atoms with van der Waals surface area (Å²) in [7, 11) is -3.95. The van der Waals surface area contributed by atoms with Crippen LogP contribution in [0.4, 0.5) is 0 Å². The first-order chi connectivity index (χ1) is 13.8. The molecule has 0 aliphatic heterocycles. The van der Waals surface area contributed by atoms with Crippen LogP contribution in [-0.2, 0) is 27.7 Å². The Morgan fingerprint density at radius 3 is 2.41 bits per heavy atom. The predicted octanol–water partition coefficient (Wildman–Crippen LogP) is 5.18. The van der Waals surface area contributed by atoms with Gasteiger partial charge >= 0.3 is 5.97 Å². The largest absolute Gasteiger partial charge is 0.481 e. The fraction of sp³-hybridized carbons (Fsp3) is 0.381. The number of carboxylic acids is 1. The first kappa shape index (κ1) is 20.5. The lowest BCUT2D eigenvalue weighted by Crippen LogP contribution is -2.18. The lowest BCUT2D eigenvalue weighted by atomic mass is 9.84. The summed E-state index contributed by atoms with van der Waals surface area (Å²) in [4.78, 5) is 11.2. The number of carbonyl (C=O) groups is 1. The van der Waals surface area contributed by atoms with Gasteiger partial charge in [-0.05, 0) is 73.8 Å². The van der Waals surface area contributed by atoms with Crippen LogP contribution < -0.4 is 0 Å². The van der Waals surface area contributed by atoms with E-state index in [1.165, 1.54) is 16.1 Å². The smallest absolute Gasteiger partial charge is 0.306 e. The zero-order valence-corrected chi connectivity index (χ0v) is 18.0. The lowest BCUT2D eigenvalue weighted by Gasteiger charge is -2.20. The van der Waals surface area contributed by atoms with Gasteiger partial charge in [0.05, 0.1) is 16.0 Å². The van der Waals surface area contributed by atoms with Crippen LogP contribution in [0.2, 0.25) is 10.0 Å². The molecule has 0 saturated carbocycles. The van der Waals surface area contributed by atoms with Gasteiger partial charge in [0.15, 0.2) is 0 Å². The molecule has 2 aliphatic rings. The van der Waals surface area contributed by atoms with Crippen LogP contribution in [0.1, 0.15) is 48.9 Å². The molecule has 8 heteroatoms. The molecule has 0 amide bonds. The SMILES string of the molecule is O=C(O)C1CC=C(c2cn(S(=O)(=O)c3c(Cl)cccc3Cl)c3c2CCCC3)CC1. The number of rotatable bonds is 4. The maximum atomic E-state index is 13.5. The number of fused-ring (bicyclic) bond motifs is 1. The highest BCUT2D eigenvalue weighted by Crippen LogP contribution is 2.39. The zero-order valence-electron chi connectivity index (χ0n) is 15.7. The van der Waals surface area contributed by atoms with E-state index in [-0.39, 0.29) is 20.9 Å². The molecule has 1 heterocycles. The fourth-order valence-electron chi connectivity index (χ4n) is 4.32. The Hall–Kier alpha value is -1.76. The van der Waals surface area contributed by atoms with Crippen molar-refractivity contribution >= 4 is 44.8 Å². The Balaban J connectivity index is 1.84. The van der Waals surface area contributed by atoms with Gasteiger partial charge in [-0.15, -0.1) is 0 Å². The Kier molecular flexibility index (Phi) is 5.53. The molecule has 29 heavy (non-hydrogen) atoms. The van der Waals surface area contributed by atoms with Gasteiger partial charge in [0, 0.05) is 11.9 Å². The molecule has 5 nitrogen and oxygen atoms in total. The molecule has 0 saturated heterocycles. The molecule has 1 aromatic carbocycles. The monoisotopic (exact) mass is 453 g/mol. The maximum Gasteiger partial charge on any atom is 0.306 e. The summed E-state index contributed by atoms with van der Waals surface area (Å²) >= 11 is 12.4. The van der Waals surface area contributed by atoms with E-state index < -0.39 is 16.0 Å². The summed E-state index contributed by atoms with van der Waals surface area (Å²) < 4.78 is 28.3. The lowest BCUT2D eigenvalue weighted by molar-refractivity contribution is -0.141. The normalized spacial score (nSPS) is 19.5. The van der Waals surface area contributed by atoms with Crippen LogP contribution in [0.25, 0.3) is 5.57 Å². The quantitative estimate of drug-likeness (QED) is 0.691. The molecule has 1 aromatic heterocycles. The number of aliphatic carboxylic acids is 1. The molecule has 1 N–H and O–H groups in total. The molecule has 4 rings (SSSR count). The molecule has 1 unspecified atom stereocenters. The molecular weight excluding hydrogens is 433 g/mol. The Bertz CT molecular complexity index is 1100. The molecule has 0 fully saturated rings. The van der Waals surface area contributed by atoms with Crippen molar-refractivity contribution in [2.24, 2.45) is 5.92 Å². The minimum absolute atomic E-state index is 0.0816. The van der Waals surface area contributed by atoms with Crippen LogP contribution in [-0.4, -0.2) is 23.5 Å². The number of halogens is 2. The first-order valence-electron chi connectivity index (χ1n) is 9.65. The Morgan fingerprint density at radius 1 is 1.10 bits per heavy atom. The number of hydrogen-bond donors (Lipinski definition) is 1. The van der Waals surface area contributed by atoms with E-state index in [2.05, 4.69) is 0 Å². The summed E-state index contributed by atoms with van der Waals surface area (Å²) in [6, 6.07) is 4.66. The van der Waals surface area contributed by atoms with Crippen molar-refractivity contribution in [1.29, 1.82) is 0 Å². The zero-order chi connectivity index (χ0) is 20.8. The molecule has 154 valence electrons. The summed E-state index contributed by atoms with van der Waals surface area (Å²) in [5, 5.41) is 9.43. The molecule has 0 bridgehead atoms. The van der Waals surface area contributed by atoms with Gasteiger partial charge in [-0.1, -0.05) is 35.3 Å². The topological polar surface area (TPSA) is 76.4 Å². The molecule has 0 spiro atoms. The molecule has 2 aliphatic carbocycles. The minimum atomic E-state index is -3.95. The number of nitrogens with zero attached hydrogens (tertiary/aromatic N) is 1. The van der Waals surface area contributed by atoms with Crippen LogP contribution in [0.15, 0.2) is 35.4 Å². The highest BCUT2D eigenvalue weighted by molar-refractivity contribution is 7.90. The third kappa shape index (κ3) is 3.62. The second-order valence-electron chi connectivity index (χ2n) is 7.57. The van der Waals surface area contributed by atoms with E-state index >= 15 is 0 Å². The number of benzene rings is 1. The highest BCUT2D eigenvalue weighted by Gasteiger charge is 2.31. The molecular formula is C21H21Cl2NO4S. The third-order valence-corrected chi connectivity index (χ3v) is 8.47. The average Bonchev–Trinajstić information content (AvgIpc) is 3.08. The van der Waals surface area contributed by atoms with Gasteiger partial charge in [-0.2, -0.15) is 0 Å². The van der Waals surface area contributed by atoms with Gasteiger partial charge in [0.25, 0.3) is 10.0 Å². The van der Waals surface area contributed by atoms with Crippen LogP contribution >= 0.6 is 23.2 Å². The van der Waals surface area contributed by atoms with E-state index in [9.17, 15) is 18.3 Å². The van der Waals surface area contributed by atoms with Gasteiger partial charge < -0.3 is 5.11 Å². The number of hydrogen-bond acceptors (Lipinski definition) is 3. The molecule has 2 aromatic rings. The van der Waals surface area contributed by atoms with Crippen LogP contribution in [0.5, 0.6) is 0 Å². The number of aromatic nitrogens is 1. The number of allylic oxidation sites excluding steroid dienone is 2. The van der Waals surface area contributed by atoms with Crippen LogP contribution in [0, 0.1) is 5.92 Å². The third-order valence-electron chi connectivity index (χ3n) is 5.82. The Morgan fingerprint density at radius 2 is 1.79 bits per heavy atom. The van der Waals surface area contributed by atoms with Crippen LogP contribution in [0.3, 0.4) is 0 Å². The van der Waals surface area contributed by atoms with E-state index in [0.29, 0.717) is 25.7 Å². The fourth-order valence-corrected chi connectivity index (χ4v) is 6.86. The summed E-state index contributed by atoms with van der Waals surface area (Å²) in [6.07, 6.45) is 8.68. The average molecular weight is 454 g/mol. The van der Waals surface area contributed by atoms with Crippen molar-refractivity contribution in [3.8, 4) is 0 Å². The standard InChI is InChI=1S/C21H21Cl2NO4S/c22-17-5-3-6-18(23)20(17)29(27,28)24-12-16(15-4-1-2-7-19(15)24)13-8-10-14(11-9-13)21(25)26/h3,5-6,8,12,14H,1-2,4,7,9-11H2,(H,25,26). The molecule has 0 radical (unpaired) electrons. The van der Waals surface area contributed by atoms with Gasteiger partial charge in [-0.3, -0.25) is 4.79 Å². The van der Waals surface area contributed by atoms with Crippen molar-refractivity contribution < 1.29 is 18.3 Å². The summed E-state index contributed by atoms with van der Waals surface area (Å²) in [5.41, 5.74) is 3.77.